The van der Waals surface area contributed by atoms with Gasteiger partial charge in [-0.15, -0.1) is 0 Å². The van der Waals surface area contributed by atoms with Crippen LogP contribution in [0.5, 0.6) is 5.75 Å². The fraction of sp³-hybridized carbons (Fsp3) is 0.318. The molecule has 0 fully saturated rings. The number of esters is 1. The number of ether oxygens (including phenoxy) is 2. The van der Waals surface area contributed by atoms with Gasteiger partial charge in [-0.05, 0) is 57.5 Å². The van der Waals surface area contributed by atoms with Gasteiger partial charge in [0.05, 0.1) is 12.8 Å². The van der Waals surface area contributed by atoms with E-state index in [1.165, 1.54) is 21.0 Å². The number of hydrogen-bond donors (Lipinski definition) is 2. The van der Waals surface area contributed by atoms with Crippen LogP contribution >= 0.6 is 0 Å². The topological polar surface area (TPSA) is 93.7 Å². The lowest BCUT2D eigenvalue weighted by Gasteiger charge is -2.18. The first-order valence-corrected chi connectivity index (χ1v) is 9.24. The largest absolute Gasteiger partial charge is 0.495 e. The molecule has 2 N–H and O–H groups in total. The molecule has 29 heavy (non-hydrogen) atoms. The number of amides is 2. The van der Waals surface area contributed by atoms with Crippen LogP contribution in [0.2, 0.25) is 0 Å². The van der Waals surface area contributed by atoms with Crippen LogP contribution in [0.25, 0.3) is 0 Å². The van der Waals surface area contributed by atoms with Gasteiger partial charge in [0.1, 0.15) is 11.8 Å². The molecule has 0 unspecified atom stereocenters. The zero-order chi connectivity index (χ0) is 21.6. The quantitative estimate of drug-likeness (QED) is 0.700. The number of carbonyl (C=O) groups is 3. The summed E-state index contributed by atoms with van der Waals surface area (Å²) in [6, 6.07) is 11.5. The molecule has 2 aromatic rings. The van der Waals surface area contributed by atoms with Crippen molar-refractivity contribution in [3.63, 3.8) is 0 Å². The van der Waals surface area contributed by atoms with Crippen molar-refractivity contribution in [3.05, 3.63) is 59.2 Å². The van der Waals surface area contributed by atoms with Gasteiger partial charge in [-0.1, -0.05) is 23.8 Å². The normalized spacial score (nSPS) is 12.4. The molecule has 0 saturated heterocycles. The number of nitrogens with one attached hydrogen (secondary N) is 2. The molecule has 0 spiro atoms. The maximum Gasteiger partial charge on any atom is 0.329 e. The van der Waals surface area contributed by atoms with Crippen LogP contribution in [0.15, 0.2) is 42.5 Å². The molecular weight excluding hydrogens is 372 g/mol. The third kappa shape index (κ3) is 6.07. The zero-order valence-corrected chi connectivity index (χ0v) is 17.2. The Morgan fingerprint density at radius 3 is 2.31 bits per heavy atom. The highest BCUT2D eigenvalue weighted by Gasteiger charge is 2.24. The van der Waals surface area contributed by atoms with E-state index in [2.05, 4.69) is 10.6 Å². The Kier molecular flexibility index (Phi) is 7.36. The van der Waals surface area contributed by atoms with E-state index >= 15 is 0 Å². The van der Waals surface area contributed by atoms with Crippen molar-refractivity contribution in [3.8, 4) is 5.75 Å². The molecule has 2 rings (SSSR count). The van der Waals surface area contributed by atoms with E-state index in [0.29, 0.717) is 17.0 Å². The van der Waals surface area contributed by atoms with Crippen LogP contribution < -0.4 is 15.4 Å². The Balaban J connectivity index is 1.94. The molecular formula is C22H26N2O5. The summed E-state index contributed by atoms with van der Waals surface area (Å²) in [5.41, 5.74) is 2.81. The summed E-state index contributed by atoms with van der Waals surface area (Å²) >= 11 is 0. The number of carbonyl (C=O) groups excluding carboxylic acids is 3. The van der Waals surface area contributed by atoms with E-state index in [9.17, 15) is 14.4 Å². The Labute approximate surface area is 170 Å². The average molecular weight is 398 g/mol. The van der Waals surface area contributed by atoms with Crippen molar-refractivity contribution < 1.29 is 23.9 Å². The predicted molar refractivity (Wildman–Crippen MR) is 110 cm³/mol. The standard InChI is InChI=1S/C22H26N2O5/c1-13-7-6-8-17(11-13)21(26)23-15(3)22(27)29-16(4)20(25)24-18-12-14(2)9-10-19(18)28-5/h6-12,15-16H,1-5H3,(H,23,26)(H,24,25)/t15-,16-/m0/s1. The fourth-order valence-electron chi connectivity index (χ4n) is 2.61. The van der Waals surface area contributed by atoms with Gasteiger partial charge in [0.2, 0.25) is 0 Å². The van der Waals surface area contributed by atoms with Crippen molar-refractivity contribution in [2.45, 2.75) is 39.8 Å². The number of anilines is 1. The molecule has 0 aliphatic rings. The molecule has 0 aliphatic carbocycles. The van der Waals surface area contributed by atoms with Crippen molar-refractivity contribution >= 4 is 23.5 Å². The summed E-state index contributed by atoms with van der Waals surface area (Å²) in [5, 5.41) is 5.27. The van der Waals surface area contributed by atoms with Crippen LogP contribution in [-0.2, 0) is 14.3 Å². The Bertz CT molecular complexity index is 910. The van der Waals surface area contributed by atoms with Gasteiger partial charge >= 0.3 is 5.97 Å². The summed E-state index contributed by atoms with van der Waals surface area (Å²) in [4.78, 5) is 36.9. The number of rotatable bonds is 7. The fourth-order valence-corrected chi connectivity index (χ4v) is 2.61. The lowest BCUT2D eigenvalue weighted by Crippen LogP contribution is -2.42. The van der Waals surface area contributed by atoms with Crippen LogP contribution in [0, 0.1) is 13.8 Å². The zero-order valence-electron chi connectivity index (χ0n) is 17.2. The summed E-state index contributed by atoms with van der Waals surface area (Å²) in [6.45, 7) is 6.73. The molecule has 0 heterocycles. The van der Waals surface area contributed by atoms with Gasteiger partial charge in [0.25, 0.3) is 11.8 Å². The second-order valence-electron chi connectivity index (χ2n) is 6.84. The molecule has 0 bridgehead atoms. The van der Waals surface area contributed by atoms with Crippen molar-refractivity contribution in [2.24, 2.45) is 0 Å². The van der Waals surface area contributed by atoms with Gasteiger partial charge in [-0.25, -0.2) is 4.79 Å². The molecule has 2 aromatic carbocycles. The minimum absolute atomic E-state index is 0.389. The van der Waals surface area contributed by atoms with E-state index in [-0.39, 0.29) is 5.91 Å². The molecule has 0 saturated carbocycles. The second kappa shape index (κ2) is 9.73. The van der Waals surface area contributed by atoms with E-state index in [4.69, 9.17) is 9.47 Å². The molecule has 0 aromatic heterocycles. The molecule has 7 nitrogen and oxygen atoms in total. The lowest BCUT2D eigenvalue weighted by atomic mass is 10.1. The molecule has 2 amide bonds. The minimum atomic E-state index is -1.05. The number of methoxy groups -OCH3 is 1. The smallest absolute Gasteiger partial charge is 0.329 e. The van der Waals surface area contributed by atoms with Crippen LogP contribution in [0.3, 0.4) is 0 Å². The van der Waals surface area contributed by atoms with E-state index in [0.717, 1.165) is 11.1 Å². The highest BCUT2D eigenvalue weighted by Crippen LogP contribution is 2.25. The molecule has 7 heteroatoms. The number of hydrogen-bond acceptors (Lipinski definition) is 5. The van der Waals surface area contributed by atoms with Crippen LogP contribution in [0.1, 0.15) is 35.3 Å². The molecule has 154 valence electrons. The molecule has 2 atom stereocenters. The minimum Gasteiger partial charge on any atom is -0.495 e. The monoisotopic (exact) mass is 398 g/mol. The Hall–Kier alpha value is -3.35. The SMILES string of the molecule is COc1ccc(C)cc1NC(=O)[C@H](C)OC(=O)[C@H](C)NC(=O)c1cccc(C)c1. The van der Waals surface area contributed by atoms with Gasteiger partial charge in [0, 0.05) is 5.56 Å². The number of benzene rings is 2. The summed E-state index contributed by atoms with van der Waals surface area (Å²) in [5.74, 6) is -1.09. The highest BCUT2D eigenvalue weighted by molar-refractivity contribution is 5.98. The summed E-state index contributed by atoms with van der Waals surface area (Å²) in [7, 11) is 1.50. The molecule has 0 aliphatic heterocycles. The lowest BCUT2D eigenvalue weighted by molar-refractivity contribution is -0.154. The van der Waals surface area contributed by atoms with Gasteiger partial charge in [-0.2, -0.15) is 0 Å². The third-order valence-electron chi connectivity index (χ3n) is 4.26. The van der Waals surface area contributed by atoms with Crippen molar-refractivity contribution in [2.75, 3.05) is 12.4 Å². The summed E-state index contributed by atoms with van der Waals surface area (Å²) in [6.07, 6.45) is -1.05. The summed E-state index contributed by atoms with van der Waals surface area (Å²) < 4.78 is 10.4. The van der Waals surface area contributed by atoms with Crippen molar-refractivity contribution in [1.82, 2.24) is 5.32 Å². The van der Waals surface area contributed by atoms with Crippen molar-refractivity contribution in [1.29, 1.82) is 0 Å². The van der Waals surface area contributed by atoms with Gasteiger partial charge in [-0.3, -0.25) is 9.59 Å². The first-order chi connectivity index (χ1) is 13.7. The van der Waals surface area contributed by atoms with Gasteiger partial charge in [0.15, 0.2) is 6.10 Å². The Morgan fingerprint density at radius 1 is 0.966 bits per heavy atom. The Morgan fingerprint density at radius 2 is 1.66 bits per heavy atom. The first-order valence-electron chi connectivity index (χ1n) is 9.24. The van der Waals surface area contributed by atoms with Gasteiger partial charge < -0.3 is 20.1 Å². The highest BCUT2D eigenvalue weighted by atomic mass is 16.5. The van der Waals surface area contributed by atoms with E-state index in [1.54, 1.807) is 30.3 Å². The molecule has 0 radical (unpaired) electrons. The maximum absolute atomic E-state index is 12.4. The average Bonchev–Trinajstić information content (AvgIpc) is 2.67. The second-order valence-corrected chi connectivity index (χ2v) is 6.84. The third-order valence-corrected chi connectivity index (χ3v) is 4.26. The number of aryl methyl sites for hydroxylation is 2. The first kappa shape index (κ1) is 21.9. The maximum atomic E-state index is 12.4. The van der Waals surface area contributed by atoms with Crippen LogP contribution in [-0.4, -0.2) is 37.0 Å². The van der Waals surface area contributed by atoms with E-state index in [1.807, 2.05) is 26.0 Å². The predicted octanol–water partition coefficient (Wildman–Crippen LogP) is 3.00. The van der Waals surface area contributed by atoms with E-state index < -0.39 is 24.0 Å². The van der Waals surface area contributed by atoms with Crippen LogP contribution in [0.4, 0.5) is 5.69 Å².